The van der Waals surface area contributed by atoms with E-state index in [0.717, 1.165) is 13.1 Å². The molecule has 0 bridgehead atoms. The van der Waals surface area contributed by atoms with Gasteiger partial charge in [-0.15, -0.1) is 0 Å². The Morgan fingerprint density at radius 3 is 3.30 bits per heavy atom. The standard InChI is InChI=1S/C13H19N3O4/c1-2-18-12(17)6-11-14-13(15-20-11)10-7-16-5-3-4-9(16)8-19-10/h9-10H,2-8H2,1H3. The Kier molecular flexibility index (Phi) is 3.98. The van der Waals surface area contributed by atoms with E-state index in [1.165, 1.54) is 12.8 Å². The van der Waals surface area contributed by atoms with Gasteiger partial charge in [0.1, 0.15) is 12.5 Å². The second-order valence-electron chi connectivity index (χ2n) is 5.14. The zero-order valence-corrected chi connectivity index (χ0v) is 11.6. The lowest BCUT2D eigenvalue weighted by atomic mass is 10.2. The molecule has 7 heteroatoms. The monoisotopic (exact) mass is 281 g/mol. The zero-order chi connectivity index (χ0) is 13.9. The van der Waals surface area contributed by atoms with E-state index < -0.39 is 0 Å². The van der Waals surface area contributed by atoms with Crippen LogP contribution in [0.15, 0.2) is 4.52 Å². The van der Waals surface area contributed by atoms with Crippen LogP contribution < -0.4 is 0 Å². The first-order chi connectivity index (χ1) is 9.76. The number of hydrogen-bond donors (Lipinski definition) is 0. The van der Waals surface area contributed by atoms with E-state index in [1.807, 2.05) is 0 Å². The van der Waals surface area contributed by atoms with Crippen LogP contribution in [0.5, 0.6) is 0 Å². The Morgan fingerprint density at radius 1 is 1.55 bits per heavy atom. The van der Waals surface area contributed by atoms with Crippen molar-refractivity contribution in [3.8, 4) is 0 Å². The highest BCUT2D eigenvalue weighted by Gasteiger charge is 2.34. The van der Waals surface area contributed by atoms with Crippen molar-refractivity contribution >= 4 is 5.97 Å². The summed E-state index contributed by atoms with van der Waals surface area (Å²) in [6.45, 7) is 4.73. The van der Waals surface area contributed by atoms with Crippen molar-refractivity contribution in [2.45, 2.75) is 38.3 Å². The molecule has 0 N–H and O–H groups in total. The van der Waals surface area contributed by atoms with Gasteiger partial charge in [-0.2, -0.15) is 4.98 Å². The third-order valence-electron chi connectivity index (χ3n) is 3.76. The molecule has 2 saturated heterocycles. The Labute approximate surface area is 117 Å². The van der Waals surface area contributed by atoms with Gasteiger partial charge in [-0.25, -0.2) is 0 Å². The summed E-state index contributed by atoms with van der Waals surface area (Å²) in [6.07, 6.45) is 2.28. The smallest absolute Gasteiger partial charge is 0.315 e. The van der Waals surface area contributed by atoms with Crippen molar-refractivity contribution < 1.29 is 18.8 Å². The second-order valence-corrected chi connectivity index (χ2v) is 5.14. The molecule has 1 aromatic heterocycles. The quantitative estimate of drug-likeness (QED) is 0.752. The van der Waals surface area contributed by atoms with Crippen molar-refractivity contribution in [2.75, 3.05) is 26.3 Å². The minimum atomic E-state index is -0.355. The van der Waals surface area contributed by atoms with Gasteiger partial charge >= 0.3 is 5.97 Å². The first-order valence-corrected chi connectivity index (χ1v) is 7.10. The molecule has 110 valence electrons. The molecule has 2 fully saturated rings. The fraction of sp³-hybridized carbons (Fsp3) is 0.769. The lowest BCUT2D eigenvalue weighted by Crippen LogP contribution is -2.42. The van der Waals surface area contributed by atoms with Crippen molar-refractivity contribution in [2.24, 2.45) is 0 Å². The van der Waals surface area contributed by atoms with Crippen LogP contribution in [-0.2, 0) is 20.7 Å². The molecular formula is C13H19N3O4. The van der Waals surface area contributed by atoms with Crippen LogP contribution >= 0.6 is 0 Å². The molecule has 1 aromatic rings. The number of ether oxygens (including phenoxy) is 2. The van der Waals surface area contributed by atoms with Crippen molar-refractivity contribution in [1.29, 1.82) is 0 Å². The third kappa shape index (κ3) is 2.83. The van der Waals surface area contributed by atoms with Gasteiger partial charge in [0.2, 0.25) is 11.7 Å². The third-order valence-corrected chi connectivity index (χ3v) is 3.76. The van der Waals surface area contributed by atoms with Gasteiger partial charge in [-0.3, -0.25) is 9.69 Å². The highest BCUT2D eigenvalue weighted by molar-refractivity contribution is 5.71. The number of morpholine rings is 1. The maximum atomic E-state index is 11.4. The average molecular weight is 281 g/mol. The second kappa shape index (κ2) is 5.88. The van der Waals surface area contributed by atoms with Gasteiger partial charge in [-0.05, 0) is 26.3 Å². The first-order valence-electron chi connectivity index (χ1n) is 7.10. The fourth-order valence-electron chi connectivity index (χ4n) is 2.78. The van der Waals surface area contributed by atoms with Gasteiger partial charge in [0.15, 0.2) is 0 Å². The Hall–Kier alpha value is -1.47. The van der Waals surface area contributed by atoms with Crippen molar-refractivity contribution in [1.82, 2.24) is 15.0 Å². The maximum absolute atomic E-state index is 11.4. The average Bonchev–Trinajstić information content (AvgIpc) is 3.06. The summed E-state index contributed by atoms with van der Waals surface area (Å²) in [6, 6.07) is 0.539. The Morgan fingerprint density at radius 2 is 2.45 bits per heavy atom. The van der Waals surface area contributed by atoms with Gasteiger partial charge in [0, 0.05) is 12.6 Å². The molecule has 3 heterocycles. The van der Waals surface area contributed by atoms with Crippen LogP contribution in [0.2, 0.25) is 0 Å². The van der Waals surface area contributed by atoms with Gasteiger partial charge in [0.25, 0.3) is 0 Å². The normalized spacial score (nSPS) is 26.4. The summed E-state index contributed by atoms with van der Waals surface area (Å²) in [5.41, 5.74) is 0. The van der Waals surface area contributed by atoms with Crippen LogP contribution in [0.4, 0.5) is 0 Å². The number of esters is 1. The summed E-state index contributed by atoms with van der Waals surface area (Å²) in [5, 5.41) is 3.92. The predicted octanol–water partition coefficient (Wildman–Crippen LogP) is 0.711. The molecule has 0 aromatic carbocycles. The largest absolute Gasteiger partial charge is 0.466 e. The molecule has 0 aliphatic carbocycles. The van der Waals surface area contributed by atoms with Gasteiger partial charge in [-0.1, -0.05) is 5.16 Å². The predicted molar refractivity (Wildman–Crippen MR) is 67.9 cm³/mol. The molecule has 0 amide bonds. The molecule has 0 spiro atoms. The SMILES string of the molecule is CCOC(=O)Cc1nc(C2CN3CCCC3CO2)no1. The van der Waals surface area contributed by atoms with E-state index in [4.69, 9.17) is 14.0 Å². The zero-order valence-electron chi connectivity index (χ0n) is 11.6. The fourth-order valence-corrected chi connectivity index (χ4v) is 2.78. The van der Waals surface area contributed by atoms with Gasteiger partial charge < -0.3 is 14.0 Å². The molecule has 2 aliphatic heterocycles. The molecular weight excluding hydrogens is 262 g/mol. The molecule has 2 unspecified atom stereocenters. The highest BCUT2D eigenvalue weighted by Crippen LogP contribution is 2.28. The molecule has 0 radical (unpaired) electrons. The molecule has 2 aliphatic rings. The van der Waals surface area contributed by atoms with Crippen LogP contribution in [-0.4, -0.2) is 53.4 Å². The summed E-state index contributed by atoms with van der Waals surface area (Å²) in [4.78, 5) is 18.0. The summed E-state index contributed by atoms with van der Waals surface area (Å²) >= 11 is 0. The first kappa shape index (κ1) is 13.5. The van der Waals surface area contributed by atoms with Gasteiger partial charge in [0.05, 0.1) is 13.2 Å². The number of hydrogen-bond acceptors (Lipinski definition) is 7. The minimum Gasteiger partial charge on any atom is -0.466 e. The molecule has 3 rings (SSSR count). The topological polar surface area (TPSA) is 77.7 Å². The lowest BCUT2D eigenvalue weighted by Gasteiger charge is -2.33. The number of carbonyl (C=O) groups excluding carboxylic acids is 1. The number of nitrogens with zero attached hydrogens (tertiary/aromatic N) is 3. The van der Waals surface area contributed by atoms with Crippen LogP contribution in [0.3, 0.4) is 0 Å². The van der Waals surface area contributed by atoms with Crippen LogP contribution in [0.25, 0.3) is 0 Å². The lowest BCUT2D eigenvalue weighted by molar-refractivity contribution is -0.142. The van der Waals surface area contributed by atoms with Crippen molar-refractivity contribution in [3.63, 3.8) is 0 Å². The van der Waals surface area contributed by atoms with E-state index in [2.05, 4.69) is 15.0 Å². The summed E-state index contributed by atoms with van der Waals surface area (Å²) in [7, 11) is 0. The van der Waals surface area contributed by atoms with E-state index in [1.54, 1.807) is 6.92 Å². The Bertz CT molecular complexity index is 476. The number of rotatable bonds is 4. The number of fused-ring (bicyclic) bond motifs is 1. The summed E-state index contributed by atoms with van der Waals surface area (Å²) in [5.74, 6) is 0.451. The highest BCUT2D eigenvalue weighted by atomic mass is 16.5. The van der Waals surface area contributed by atoms with Crippen LogP contribution in [0, 0.1) is 0 Å². The van der Waals surface area contributed by atoms with E-state index in [-0.39, 0.29) is 24.4 Å². The minimum absolute atomic E-state index is 0.0138. The Balaban J connectivity index is 1.60. The molecule has 7 nitrogen and oxygen atoms in total. The molecule has 0 saturated carbocycles. The van der Waals surface area contributed by atoms with Crippen LogP contribution in [0.1, 0.15) is 37.6 Å². The summed E-state index contributed by atoms with van der Waals surface area (Å²) < 4.78 is 15.7. The van der Waals surface area contributed by atoms with E-state index >= 15 is 0 Å². The van der Waals surface area contributed by atoms with E-state index in [0.29, 0.717) is 25.1 Å². The van der Waals surface area contributed by atoms with E-state index in [9.17, 15) is 4.79 Å². The number of carbonyl (C=O) groups is 1. The molecule has 2 atom stereocenters. The van der Waals surface area contributed by atoms with Crippen molar-refractivity contribution in [3.05, 3.63) is 11.7 Å². The maximum Gasteiger partial charge on any atom is 0.315 e. The number of aromatic nitrogens is 2. The molecule has 20 heavy (non-hydrogen) atoms.